The van der Waals surface area contributed by atoms with Gasteiger partial charge in [0.25, 0.3) is 5.91 Å². The van der Waals surface area contributed by atoms with Crippen molar-refractivity contribution in [2.45, 2.75) is 33.2 Å². The second-order valence-corrected chi connectivity index (χ2v) is 3.84. The number of nitrogens with zero attached hydrogens (tertiary/aromatic N) is 2. The minimum atomic E-state index is -0.176. The van der Waals surface area contributed by atoms with Crippen LogP contribution < -0.4 is 10.6 Å². The molecule has 0 spiro atoms. The first-order valence-corrected chi connectivity index (χ1v) is 5.50. The van der Waals surface area contributed by atoms with E-state index in [1.165, 1.54) is 6.20 Å². The molecule has 0 fully saturated rings. The summed E-state index contributed by atoms with van der Waals surface area (Å²) in [4.78, 5) is 19.7. The summed E-state index contributed by atoms with van der Waals surface area (Å²) in [6.45, 7) is 6.70. The number of carbonyl (C=O) groups is 1. The predicted molar refractivity (Wildman–Crippen MR) is 63.4 cm³/mol. The minimum Gasteiger partial charge on any atom is -0.367 e. The number of anilines is 1. The van der Waals surface area contributed by atoms with Crippen LogP contribution in [0.3, 0.4) is 0 Å². The van der Waals surface area contributed by atoms with E-state index in [0.29, 0.717) is 24.1 Å². The zero-order chi connectivity index (χ0) is 12.0. The number of carbonyl (C=O) groups excluding carboxylic acids is 1. The third-order valence-electron chi connectivity index (χ3n) is 1.86. The summed E-state index contributed by atoms with van der Waals surface area (Å²) in [6.07, 6.45) is 3.96. The average molecular weight is 222 g/mol. The standard InChI is InChI=1S/C11H18N4O/c1-4-5-12-11(16)9-6-14-10(7-13-9)15-8(2)3/h6-8H,4-5H2,1-3H3,(H,12,16)(H,14,15). The maximum absolute atomic E-state index is 11.5. The Labute approximate surface area is 95.7 Å². The summed E-state index contributed by atoms with van der Waals surface area (Å²) in [5.74, 6) is 0.507. The predicted octanol–water partition coefficient (Wildman–Crippen LogP) is 1.44. The fourth-order valence-electron chi connectivity index (χ4n) is 1.14. The van der Waals surface area contributed by atoms with E-state index in [0.717, 1.165) is 6.42 Å². The third kappa shape index (κ3) is 3.84. The summed E-state index contributed by atoms with van der Waals surface area (Å²) in [6, 6.07) is 0.300. The van der Waals surface area contributed by atoms with Crippen molar-refractivity contribution in [1.29, 1.82) is 0 Å². The van der Waals surface area contributed by atoms with Crippen LogP contribution in [0.1, 0.15) is 37.7 Å². The fraction of sp³-hybridized carbons (Fsp3) is 0.545. The van der Waals surface area contributed by atoms with Gasteiger partial charge in [0.05, 0.1) is 12.4 Å². The second kappa shape index (κ2) is 6.05. The molecule has 5 heteroatoms. The van der Waals surface area contributed by atoms with E-state index in [1.807, 2.05) is 20.8 Å². The highest BCUT2D eigenvalue weighted by molar-refractivity contribution is 5.91. The maximum Gasteiger partial charge on any atom is 0.271 e. The van der Waals surface area contributed by atoms with Gasteiger partial charge in [-0.05, 0) is 20.3 Å². The van der Waals surface area contributed by atoms with Gasteiger partial charge in [-0.2, -0.15) is 0 Å². The molecule has 0 aliphatic rings. The van der Waals surface area contributed by atoms with Gasteiger partial charge in [-0.1, -0.05) is 6.92 Å². The van der Waals surface area contributed by atoms with E-state index in [9.17, 15) is 4.79 Å². The van der Waals surface area contributed by atoms with Crippen LogP contribution in [-0.4, -0.2) is 28.5 Å². The topological polar surface area (TPSA) is 66.9 Å². The summed E-state index contributed by atoms with van der Waals surface area (Å²) < 4.78 is 0. The summed E-state index contributed by atoms with van der Waals surface area (Å²) in [7, 11) is 0. The fourth-order valence-corrected chi connectivity index (χ4v) is 1.14. The second-order valence-electron chi connectivity index (χ2n) is 3.84. The van der Waals surface area contributed by atoms with Gasteiger partial charge < -0.3 is 10.6 Å². The van der Waals surface area contributed by atoms with Crippen LogP contribution in [0.5, 0.6) is 0 Å². The smallest absolute Gasteiger partial charge is 0.271 e. The number of aromatic nitrogens is 2. The molecule has 1 rings (SSSR count). The van der Waals surface area contributed by atoms with Crippen LogP contribution in [0, 0.1) is 0 Å². The van der Waals surface area contributed by atoms with E-state index in [1.54, 1.807) is 6.20 Å². The molecule has 1 amide bonds. The molecule has 0 unspecified atom stereocenters. The molecule has 0 aliphatic carbocycles. The molecule has 16 heavy (non-hydrogen) atoms. The molecular weight excluding hydrogens is 204 g/mol. The first-order valence-electron chi connectivity index (χ1n) is 5.50. The Kier molecular flexibility index (Phi) is 4.69. The molecule has 2 N–H and O–H groups in total. The first-order chi connectivity index (χ1) is 7.63. The molecule has 1 aromatic rings. The highest BCUT2D eigenvalue weighted by Gasteiger charge is 2.06. The Hall–Kier alpha value is -1.65. The van der Waals surface area contributed by atoms with Crippen LogP contribution in [0.4, 0.5) is 5.82 Å². The first kappa shape index (κ1) is 12.4. The molecular formula is C11H18N4O. The van der Waals surface area contributed by atoms with Crippen LogP contribution in [0.2, 0.25) is 0 Å². The molecule has 1 aromatic heterocycles. The van der Waals surface area contributed by atoms with Crippen molar-refractivity contribution in [3.05, 3.63) is 18.1 Å². The number of amides is 1. The Balaban J connectivity index is 2.60. The van der Waals surface area contributed by atoms with Crippen molar-refractivity contribution in [3.8, 4) is 0 Å². The number of rotatable bonds is 5. The Morgan fingerprint density at radius 1 is 1.38 bits per heavy atom. The average Bonchev–Trinajstić information content (AvgIpc) is 2.26. The van der Waals surface area contributed by atoms with Crippen molar-refractivity contribution < 1.29 is 4.79 Å². The molecule has 1 heterocycles. The van der Waals surface area contributed by atoms with Crippen molar-refractivity contribution in [2.24, 2.45) is 0 Å². The largest absolute Gasteiger partial charge is 0.367 e. The SMILES string of the molecule is CCCNC(=O)c1cnc(NC(C)C)cn1. The van der Waals surface area contributed by atoms with Gasteiger partial charge in [0.15, 0.2) is 0 Å². The lowest BCUT2D eigenvalue weighted by molar-refractivity contribution is 0.0948. The van der Waals surface area contributed by atoms with Gasteiger partial charge in [0.2, 0.25) is 0 Å². The normalized spacial score (nSPS) is 10.2. The minimum absolute atomic E-state index is 0.176. The van der Waals surface area contributed by atoms with Crippen molar-refractivity contribution >= 4 is 11.7 Å². The van der Waals surface area contributed by atoms with Gasteiger partial charge in [0, 0.05) is 12.6 Å². The summed E-state index contributed by atoms with van der Waals surface area (Å²) in [5.41, 5.74) is 0.350. The monoisotopic (exact) mass is 222 g/mol. The quantitative estimate of drug-likeness (QED) is 0.791. The van der Waals surface area contributed by atoms with E-state index in [-0.39, 0.29) is 5.91 Å². The summed E-state index contributed by atoms with van der Waals surface area (Å²) in [5, 5.41) is 5.86. The molecule has 0 saturated carbocycles. The van der Waals surface area contributed by atoms with Crippen LogP contribution in [0.15, 0.2) is 12.4 Å². The molecule has 0 aliphatic heterocycles. The number of hydrogen-bond donors (Lipinski definition) is 2. The highest BCUT2D eigenvalue weighted by Crippen LogP contribution is 2.02. The highest BCUT2D eigenvalue weighted by atomic mass is 16.1. The Morgan fingerprint density at radius 3 is 2.62 bits per heavy atom. The van der Waals surface area contributed by atoms with Crippen molar-refractivity contribution in [1.82, 2.24) is 15.3 Å². The molecule has 0 aromatic carbocycles. The van der Waals surface area contributed by atoms with Gasteiger partial charge >= 0.3 is 0 Å². The lowest BCUT2D eigenvalue weighted by Gasteiger charge is -2.08. The van der Waals surface area contributed by atoms with E-state index in [4.69, 9.17) is 0 Å². The van der Waals surface area contributed by atoms with Gasteiger partial charge in [-0.15, -0.1) is 0 Å². The van der Waals surface area contributed by atoms with Crippen LogP contribution in [-0.2, 0) is 0 Å². The Bertz CT molecular complexity index is 334. The van der Waals surface area contributed by atoms with Gasteiger partial charge in [-0.25, -0.2) is 9.97 Å². The van der Waals surface area contributed by atoms with Gasteiger partial charge in [0.1, 0.15) is 11.5 Å². The van der Waals surface area contributed by atoms with Crippen molar-refractivity contribution in [2.75, 3.05) is 11.9 Å². The van der Waals surface area contributed by atoms with E-state index >= 15 is 0 Å². The van der Waals surface area contributed by atoms with E-state index in [2.05, 4.69) is 20.6 Å². The van der Waals surface area contributed by atoms with Crippen LogP contribution in [0.25, 0.3) is 0 Å². The third-order valence-corrected chi connectivity index (χ3v) is 1.86. The van der Waals surface area contributed by atoms with E-state index < -0.39 is 0 Å². The van der Waals surface area contributed by atoms with Gasteiger partial charge in [-0.3, -0.25) is 4.79 Å². The number of nitrogens with one attached hydrogen (secondary N) is 2. The molecule has 0 atom stereocenters. The lowest BCUT2D eigenvalue weighted by atomic mass is 10.4. The zero-order valence-corrected chi connectivity index (χ0v) is 9.95. The maximum atomic E-state index is 11.5. The number of hydrogen-bond acceptors (Lipinski definition) is 4. The molecule has 0 bridgehead atoms. The van der Waals surface area contributed by atoms with Crippen molar-refractivity contribution in [3.63, 3.8) is 0 Å². The zero-order valence-electron chi connectivity index (χ0n) is 9.95. The Morgan fingerprint density at radius 2 is 2.12 bits per heavy atom. The summed E-state index contributed by atoms with van der Waals surface area (Å²) >= 11 is 0. The van der Waals surface area contributed by atoms with Crippen LogP contribution >= 0.6 is 0 Å². The molecule has 88 valence electrons. The molecule has 0 saturated heterocycles. The molecule has 5 nitrogen and oxygen atoms in total. The molecule has 0 radical (unpaired) electrons. The lowest BCUT2D eigenvalue weighted by Crippen LogP contribution is -2.25.